The lowest BCUT2D eigenvalue weighted by Crippen LogP contribution is -2.42. The molecule has 84 valence electrons. The molecule has 1 rings (SSSR count). The van der Waals surface area contributed by atoms with Gasteiger partial charge in [-0.15, -0.1) is 0 Å². The van der Waals surface area contributed by atoms with E-state index in [0.717, 1.165) is 31.1 Å². The first-order chi connectivity index (χ1) is 6.83. The molecule has 0 aliphatic carbocycles. The Bertz CT molecular complexity index is 170. The zero-order chi connectivity index (χ0) is 10.2. The van der Waals surface area contributed by atoms with Crippen molar-refractivity contribution in [3.8, 4) is 0 Å². The van der Waals surface area contributed by atoms with E-state index in [4.69, 9.17) is 0 Å². The highest BCUT2D eigenvalue weighted by Gasteiger charge is 2.11. The molecule has 1 aliphatic heterocycles. The second-order valence-corrected chi connectivity index (χ2v) is 5.65. The SMILES string of the molecule is CCS(=O)CCNCC1CCCCN1. The molecule has 1 heterocycles. The van der Waals surface area contributed by atoms with Crippen LogP contribution in [0.4, 0.5) is 0 Å². The van der Waals surface area contributed by atoms with E-state index in [9.17, 15) is 4.21 Å². The first kappa shape index (κ1) is 12.1. The molecule has 0 bridgehead atoms. The average molecular weight is 218 g/mol. The molecule has 2 unspecified atom stereocenters. The fraction of sp³-hybridized carbons (Fsp3) is 1.00. The molecule has 0 amide bonds. The first-order valence-corrected chi connectivity index (χ1v) is 7.10. The molecule has 2 atom stereocenters. The Morgan fingerprint density at radius 3 is 3.00 bits per heavy atom. The quantitative estimate of drug-likeness (QED) is 0.637. The van der Waals surface area contributed by atoms with Crippen LogP contribution in [0.25, 0.3) is 0 Å². The van der Waals surface area contributed by atoms with E-state index in [1.165, 1.54) is 19.3 Å². The summed E-state index contributed by atoms with van der Waals surface area (Å²) >= 11 is 0. The van der Waals surface area contributed by atoms with Crippen LogP contribution in [-0.2, 0) is 10.8 Å². The summed E-state index contributed by atoms with van der Waals surface area (Å²) in [5, 5.41) is 6.85. The highest BCUT2D eigenvalue weighted by atomic mass is 32.2. The lowest BCUT2D eigenvalue weighted by molar-refractivity contribution is 0.386. The third kappa shape index (κ3) is 5.08. The van der Waals surface area contributed by atoms with Gasteiger partial charge in [0.25, 0.3) is 0 Å². The monoisotopic (exact) mass is 218 g/mol. The average Bonchev–Trinajstić information content (AvgIpc) is 2.25. The fourth-order valence-electron chi connectivity index (χ4n) is 1.70. The zero-order valence-electron chi connectivity index (χ0n) is 9.05. The Labute approximate surface area is 89.5 Å². The predicted molar refractivity (Wildman–Crippen MR) is 62.1 cm³/mol. The van der Waals surface area contributed by atoms with Crippen LogP contribution in [0.5, 0.6) is 0 Å². The van der Waals surface area contributed by atoms with Crippen LogP contribution in [0.2, 0.25) is 0 Å². The molecule has 0 radical (unpaired) electrons. The number of rotatable bonds is 6. The smallest absolute Gasteiger partial charge is 0.0359 e. The van der Waals surface area contributed by atoms with E-state index in [-0.39, 0.29) is 0 Å². The summed E-state index contributed by atoms with van der Waals surface area (Å²) in [6, 6.07) is 0.638. The van der Waals surface area contributed by atoms with E-state index in [1.54, 1.807) is 0 Å². The lowest BCUT2D eigenvalue weighted by atomic mass is 10.1. The summed E-state index contributed by atoms with van der Waals surface area (Å²) in [5.74, 6) is 1.58. The number of piperidine rings is 1. The van der Waals surface area contributed by atoms with Crippen LogP contribution in [0, 0.1) is 0 Å². The van der Waals surface area contributed by atoms with Gasteiger partial charge < -0.3 is 10.6 Å². The van der Waals surface area contributed by atoms with Gasteiger partial charge in [0.15, 0.2) is 0 Å². The Morgan fingerprint density at radius 1 is 1.50 bits per heavy atom. The van der Waals surface area contributed by atoms with Crippen LogP contribution >= 0.6 is 0 Å². The molecule has 1 fully saturated rings. The standard InChI is InChI=1S/C10H22N2OS/c1-2-14(13)8-7-11-9-10-5-3-4-6-12-10/h10-12H,2-9H2,1H3. The number of nitrogens with one attached hydrogen (secondary N) is 2. The van der Waals surface area contributed by atoms with Crippen LogP contribution < -0.4 is 10.6 Å². The maximum atomic E-state index is 11.1. The van der Waals surface area contributed by atoms with Crippen molar-refractivity contribution in [2.75, 3.05) is 31.1 Å². The molecule has 0 aromatic heterocycles. The maximum absolute atomic E-state index is 11.1. The molecule has 0 aromatic carbocycles. The normalized spacial score (nSPS) is 24.8. The van der Waals surface area contributed by atoms with Crippen LogP contribution in [0.1, 0.15) is 26.2 Å². The summed E-state index contributed by atoms with van der Waals surface area (Å²) in [6.07, 6.45) is 3.94. The third-order valence-corrected chi connectivity index (χ3v) is 3.94. The van der Waals surface area contributed by atoms with Crippen molar-refractivity contribution in [3.63, 3.8) is 0 Å². The maximum Gasteiger partial charge on any atom is 0.0359 e. The molecule has 0 saturated carbocycles. The summed E-state index contributed by atoms with van der Waals surface area (Å²) in [7, 11) is -0.616. The Kier molecular flexibility index (Phi) is 6.39. The van der Waals surface area contributed by atoms with Crippen molar-refractivity contribution < 1.29 is 4.21 Å². The molecule has 14 heavy (non-hydrogen) atoms. The minimum absolute atomic E-state index is 0.616. The van der Waals surface area contributed by atoms with Crippen molar-refractivity contribution in [2.24, 2.45) is 0 Å². The largest absolute Gasteiger partial charge is 0.314 e. The minimum atomic E-state index is -0.616. The lowest BCUT2D eigenvalue weighted by Gasteiger charge is -2.23. The Morgan fingerprint density at radius 2 is 2.36 bits per heavy atom. The third-order valence-electron chi connectivity index (χ3n) is 2.63. The van der Waals surface area contributed by atoms with Crippen molar-refractivity contribution in [1.29, 1.82) is 0 Å². The van der Waals surface area contributed by atoms with Gasteiger partial charge in [-0.25, -0.2) is 0 Å². The van der Waals surface area contributed by atoms with Gasteiger partial charge in [-0.1, -0.05) is 13.3 Å². The molecule has 0 spiro atoms. The van der Waals surface area contributed by atoms with Crippen molar-refractivity contribution in [2.45, 2.75) is 32.2 Å². The molecule has 2 N–H and O–H groups in total. The van der Waals surface area contributed by atoms with E-state index < -0.39 is 10.8 Å². The summed E-state index contributed by atoms with van der Waals surface area (Å²) < 4.78 is 11.1. The van der Waals surface area contributed by atoms with Gasteiger partial charge >= 0.3 is 0 Å². The molecule has 4 heteroatoms. The second kappa shape index (κ2) is 7.37. The van der Waals surface area contributed by atoms with Crippen molar-refractivity contribution >= 4 is 10.8 Å². The molecule has 1 saturated heterocycles. The summed E-state index contributed by atoms with van der Waals surface area (Å²) in [4.78, 5) is 0. The van der Waals surface area contributed by atoms with E-state index >= 15 is 0 Å². The number of hydrogen-bond donors (Lipinski definition) is 2. The summed E-state index contributed by atoms with van der Waals surface area (Å²) in [6.45, 7) is 5.05. The second-order valence-electron chi connectivity index (χ2n) is 3.78. The van der Waals surface area contributed by atoms with Crippen molar-refractivity contribution in [1.82, 2.24) is 10.6 Å². The minimum Gasteiger partial charge on any atom is -0.314 e. The van der Waals surface area contributed by atoms with Gasteiger partial charge in [0.2, 0.25) is 0 Å². The van der Waals surface area contributed by atoms with Gasteiger partial charge in [0, 0.05) is 41.4 Å². The zero-order valence-corrected chi connectivity index (χ0v) is 9.87. The predicted octanol–water partition coefficient (Wildman–Crippen LogP) is 0.487. The molecule has 0 aromatic rings. The van der Waals surface area contributed by atoms with Gasteiger partial charge in [0.05, 0.1) is 0 Å². The van der Waals surface area contributed by atoms with Crippen LogP contribution in [0.3, 0.4) is 0 Å². The van der Waals surface area contributed by atoms with E-state index in [0.29, 0.717) is 6.04 Å². The van der Waals surface area contributed by atoms with Gasteiger partial charge in [-0.2, -0.15) is 0 Å². The molecular formula is C10H22N2OS. The van der Waals surface area contributed by atoms with Crippen molar-refractivity contribution in [3.05, 3.63) is 0 Å². The fourth-order valence-corrected chi connectivity index (χ4v) is 2.37. The van der Waals surface area contributed by atoms with Gasteiger partial charge in [-0.3, -0.25) is 4.21 Å². The van der Waals surface area contributed by atoms with Crippen LogP contribution in [0.15, 0.2) is 0 Å². The number of hydrogen-bond acceptors (Lipinski definition) is 3. The molecular weight excluding hydrogens is 196 g/mol. The Hall–Kier alpha value is 0.0700. The molecule has 1 aliphatic rings. The van der Waals surface area contributed by atoms with Crippen LogP contribution in [-0.4, -0.2) is 41.4 Å². The first-order valence-electron chi connectivity index (χ1n) is 5.62. The Balaban J connectivity index is 1.94. The highest BCUT2D eigenvalue weighted by molar-refractivity contribution is 7.84. The van der Waals surface area contributed by atoms with Gasteiger partial charge in [0.1, 0.15) is 0 Å². The summed E-state index contributed by atoms with van der Waals surface area (Å²) in [5.41, 5.74) is 0. The van der Waals surface area contributed by atoms with E-state index in [2.05, 4.69) is 10.6 Å². The highest BCUT2D eigenvalue weighted by Crippen LogP contribution is 2.05. The topological polar surface area (TPSA) is 41.1 Å². The molecule has 3 nitrogen and oxygen atoms in total. The van der Waals surface area contributed by atoms with E-state index in [1.807, 2.05) is 6.92 Å². The van der Waals surface area contributed by atoms with Gasteiger partial charge in [-0.05, 0) is 19.4 Å².